The van der Waals surface area contributed by atoms with Gasteiger partial charge in [0.2, 0.25) is 0 Å². The lowest BCUT2D eigenvalue weighted by Crippen LogP contribution is -2.56. The molecule has 1 aromatic carbocycles. The smallest absolute Gasteiger partial charge is 0.408 e. The number of carbonyl (C=O) groups is 2. The third-order valence-electron chi connectivity index (χ3n) is 3.62. The van der Waals surface area contributed by atoms with Crippen molar-refractivity contribution in [2.45, 2.75) is 39.3 Å². The summed E-state index contributed by atoms with van der Waals surface area (Å²) in [7, 11) is 0. The molecule has 5 heteroatoms. The lowest BCUT2D eigenvalue weighted by Gasteiger charge is -2.31. The van der Waals surface area contributed by atoms with Gasteiger partial charge in [0.1, 0.15) is 12.1 Å². The number of hydrogen-bond acceptors (Lipinski definition) is 3. The fourth-order valence-electron chi connectivity index (χ4n) is 1.77. The van der Waals surface area contributed by atoms with Crippen LogP contribution >= 0.6 is 0 Å². The number of aliphatic carboxylic acids is 1. The summed E-state index contributed by atoms with van der Waals surface area (Å²) in [6, 6.07) is 9.22. The van der Waals surface area contributed by atoms with E-state index in [-0.39, 0.29) is 12.5 Å². The molecule has 1 aromatic rings. The monoisotopic (exact) mass is 279 g/mol. The number of rotatable bonds is 6. The molecule has 0 aliphatic rings. The molecule has 20 heavy (non-hydrogen) atoms. The molecule has 0 fully saturated rings. The highest BCUT2D eigenvalue weighted by atomic mass is 16.5. The maximum atomic E-state index is 11.8. The number of amides is 1. The number of alkyl carbamates (subject to hydrolysis) is 1. The van der Waals surface area contributed by atoms with Crippen molar-refractivity contribution in [2.24, 2.45) is 5.92 Å². The van der Waals surface area contributed by atoms with E-state index < -0.39 is 17.6 Å². The van der Waals surface area contributed by atoms with E-state index in [0.717, 1.165) is 5.56 Å². The fraction of sp³-hybridized carbons (Fsp3) is 0.467. The topological polar surface area (TPSA) is 75.6 Å². The van der Waals surface area contributed by atoms with E-state index in [2.05, 4.69) is 5.32 Å². The first-order valence-electron chi connectivity index (χ1n) is 6.62. The molecule has 110 valence electrons. The maximum Gasteiger partial charge on any atom is 0.408 e. The predicted molar refractivity (Wildman–Crippen MR) is 75.3 cm³/mol. The minimum absolute atomic E-state index is 0.114. The molecule has 2 atom stereocenters. The van der Waals surface area contributed by atoms with Gasteiger partial charge in [0, 0.05) is 0 Å². The minimum atomic E-state index is -1.33. The Kier molecular flexibility index (Phi) is 5.55. The van der Waals surface area contributed by atoms with E-state index in [1.807, 2.05) is 37.3 Å². The van der Waals surface area contributed by atoms with Gasteiger partial charge in [0.25, 0.3) is 0 Å². The lowest BCUT2D eigenvalue weighted by atomic mass is 9.85. The van der Waals surface area contributed by atoms with Gasteiger partial charge in [-0.25, -0.2) is 9.59 Å². The van der Waals surface area contributed by atoms with Crippen molar-refractivity contribution in [1.82, 2.24) is 5.32 Å². The molecule has 0 unspecified atom stereocenters. The summed E-state index contributed by atoms with van der Waals surface area (Å²) in [6.07, 6.45) is -0.0825. The van der Waals surface area contributed by atoms with Gasteiger partial charge < -0.3 is 15.2 Å². The summed E-state index contributed by atoms with van der Waals surface area (Å²) < 4.78 is 5.06. The van der Waals surface area contributed by atoms with Gasteiger partial charge in [-0.05, 0) is 18.4 Å². The van der Waals surface area contributed by atoms with Crippen molar-refractivity contribution < 1.29 is 19.4 Å². The van der Waals surface area contributed by atoms with Crippen molar-refractivity contribution >= 4 is 12.1 Å². The van der Waals surface area contributed by atoms with E-state index in [0.29, 0.717) is 6.42 Å². The van der Waals surface area contributed by atoms with E-state index in [1.54, 1.807) is 6.92 Å². The Bertz CT molecular complexity index is 460. The number of carboxylic acids is 1. The molecule has 5 nitrogen and oxygen atoms in total. The Morgan fingerprint density at radius 3 is 2.45 bits per heavy atom. The Balaban J connectivity index is 2.61. The first-order valence-corrected chi connectivity index (χ1v) is 6.62. The van der Waals surface area contributed by atoms with Crippen LogP contribution in [0.5, 0.6) is 0 Å². The minimum Gasteiger partial charge on any atom is -0.480 e. The third-order valence-corrected chi connectivity index (χ3v) is 3.62. The summed E-state index contributed by atoms with van der Waals surface area (Å²) in [6.45, 7) is 5.27. The summed E-state index contributed by atoms with van der Waals surface area (Å²) >= 11 is 0. The van der Waals surface area contributed by atoms with Crippen LogP contribution in [-0.4, -0.2) is 22.7 Å². The normalized spacial score (nSPS) is 14.9. The van der Waals surface area contributed by atoms with E-state index in [4.69, 9.17) is 4.74 Å². The van der Waals surface area contributed by atoms with Crippen LogP contribution in [0.3, 0.4) is 0 Å². The highest BCUT2D eigenvalue weighted by Gasteiger charge is 2.40. The van der Waals surface area contributed by atoms with Gasteiger partial charge in [-0.1, -0.05) is 50.6 Å². The molecule has 0 radical (unpaired) electrons. The Labute approximate surface area is 118 Å². The maximum absolute atomic E-state index is 11.8. The first-order chi connectivity index (χ1) is 9.40. The average molecular weight is 279 g/mol. The molecule has 0 aromatic heterocycles. The van der Waals surface area contributed by atoms with Gasteiger partial charge in [-0.15, -0.1) is 0 Å². The number of ether oxygens (including phenoxy) is 1. The zero-order valence-electron chi connectivity index (χ0n) is 12.1. The zero-order chi connectivity index (χ0) is 15.2. The highest BCUT2D eigenvalue weighted by Crippen LogP contribution is 2.20. The van der Waals surface area contributed by atoms with Crippen LogP contribution in [0.2, 0.25) is 0 Å². The molecule has 0 aliphatic heterocycles. The van der Waals surface area contributed by atoms with Crippen LogP contribution < -0.4 is 5.32 Å². The number of nitrogens with one attached hydrogen (secondary N) is 1. The molecule has 0 saturated carbocycles. The zero-order valence-corrected chi connectivity index (χ0v) is 12.1. The van der Waals surface area contributed by atoms with Crippen molar-refractivity contribution in [3.05, 3.63) is 35.9 Å². The van der Waals surface area contributed by atoms with Crippen molar-refractivity contribution in [2.75, 3.05) is 0 Å². The predicted octanol–water partition coefficient (Wildman–Crippen LogP) is 2.80. The van der Waals surface area contributed by atoms with Crippen LogP contribution in [0.4, 0.5) is 4.79 Å². The molecular weight excluding hydrogens is 258 g/mol. The molecule has 1 rings (SSSR count). The fourth-order valence-corrected chi connectivity index (χ4v) is 1.77. The van der Waals surface area contributed by atoms with E-state index in [9.17, 15) is 14.7 Å². The molecule has 0 aliphatic carbocycles. The standard InChI is InChI=1S/C15H21NO4/c1-4-11(2)15(3,13(17)18)16-14(19)20-10-12-8-6-5-7-9-12/h5-9,11H,4,10H2,1-3H3,(H,16,19)(H,17,18)/t11-,15+/m0/s1. The SMILES string of the molecule is CC[C@H](C)[C@@](C)(NC(=O)OCc1ccccc1)C(=O)O. The van der Waals surface area contributed by atoms with Crippen molar-refractivity contribution in [3.8, 4) is 0 Å². The van der Waals surface area contributed by atoms with Gasteiger partial charge in [-0.2, -0.15) is 0 Å². The Morgan fingerprint density at radius 1 is 1.35 bits per heavy atom. The van der Waals surface area contributed by atoms with Gasteiger partial charge >= 0.3 is 12.1 Å². The van der Waals surface area contributed by atoms with Gasteiger partial charge in [-0.3, -0.25) is 0 Å². The van der Waals surface area contributed by atoms with Crippen LogP contribution in [0.25, 0.3) is 0 Å². The lowest BCUT2D eigenvalue weighted by molar-refractivity contribution is -0.146. The molecule has 0 spiro atoms. The largest absolute Gasteiger partial charge is 0.480 e. The van der Waals surface area contributed by atoms with Gasteiger partial charge in [0.05, 0.1) is 0 Å². The number of carbonyl (C=O) groups excluding carboxylic acids is 1. The quantitative estimate of drug-likeness (QED) is 0.839. The first kappa shape index (κ1) is 16.0. The van der Waals surface area contributed by atoms with Crippen molar-refractivity contribution in [1.29, 1.82) is 0 Å². The summed E-state index contributed by atoms with van der Waals surface area (Å²) in [5, 5.41) is 11.8. The number of carboxylic acid groups (broad SMARTS) is 1. The Hall–Kier alpha value is -2.04. The third kappa shape index (κ3) is 3.98. The van der Waals surface area contributed by atoms with Crippen molar-refractivity contribution in [3.63, 3.8) is 0 Å². The van der Waals surface area contributed by atoms with Crippen LogP contribution in [-0.2, 0) is 16.1 Å². The number of benzene rings is 1. The molecule has 0 saturated heterocycles. The molecule has 2 N–H and O–H groups in total. The summed E-state index contributed by atoms with van der Waals surface area (Å²) in [4.78, 5) is 23.1. The van der Waals surface area contributed by atoms with E-state index >= 15 is 0 Å². The molecule has 0 bridgehead atoms. The van der Waals surface area contributed by atoms with E-state index in [1.165, 1.54) is 6.92 Å². The second-order valence-corrected chi connectivity index (χ2v) is 5.00. The second kappa shape index (κ2) is 6.93. The molecule has 1 amide bonds. The Morgan fingerprint density at radius 2 is 1.95 bits per heavy atom. The molecular formula is C15H21NO4. The number of hydrogen-bond donors (Lipinski definition) is 2. The molecule has 0 heterocycles. The summed E-state index contributed by atoms with van der Waals surface area (Å²) in [5.74, 6) is -1.27. The second-order valence-electron chi connectivity index (χ2n) is 5.00. The summed E-state index contributed by atoms with van der Waals surface area (Å²) in [5.41, 5.74) is -0.481. The van der Waals surface area contributed by atoms with Gasteiger partial charge in [0.15, 0.2) is 0 Å². The highest BCUT2D eigenvalue weighted by molar-refractivity contribution is 5.84. The van der Waals surface area contributed by atoms with Crippen LogP contribution in [0.15, 0.2) is 30.3 Å². The van der Waals surface area contributed by atoms with Crippen LogP contribution in [0.1, 0.15) is 32.8 Å². The van der Waals surface area contributed by atoms with Crippen LogP contribution in [0, 0.1) is 5.92 Å². The average Bonchev–Trinajstić information content (AvgIpc) is 2.45.